The van der Waals surface area contributed by atoms with Crippen molar-refractivity contribution in [1.82, 2.24) is 5.23 Å². The van der Waals surface area contributed by atoms with Crippen LogP contribution in [0.4, 0.5) is 0 Å². The van der Waals surface area contributed by atoms with Gasteiger partial charge in [0, 0.05) is 48.6 Å². The van der Waals surface area contributed by atoms with Crippen LogP contribution in [0.5, 0.6) is 0 Å². The van der Waals surface area contributed by atoms with Gasteiger partial charge >= 0.3 is 11.9 Å². The SMILES string of the molecule is CC(=O)ON(CCO)OC(C)=O.[Na]. The van der Waals surface area contributed by atoms with E-state index in [-0.39, 0.29) is 42.7 Å². The molecule has 0 heterocycles. The van der Waals surface area contributed by atoms with Gasteiger partial charge in [0.05, 0.1) is 13.2 Å². The van der Waals surface area contributed by atoms with Gasteiger partial charge < -0.3 is 14.8 Å². The Labute approximate surface area is 98.0 Å². The molecule has 71 valence electrons. The summed E-state index contributed by atoms with van der Waals surface area (Å²) in [5.74, 6) is -1.24. The Morgan fingerprint density at radius 1 is 1.23 bits per heavy atom. The monoisotopic (exact) mass is 200 g/mol. The Balaban J connectivity index is 0. The number of aliphatic hydroxyl groups is 1. The van der Waals surface area contributed by atoms with Crippen LogP contribution in [0.15, 0.2) is 0 Å². The van der Waals surface area contributed by atoms with Crippen LogP contribution in [-0.4, -0.2) is 65.0 Å². The topological polar surface area (TPSA) is 76.1 Å². The van der Waals surface area contributed by atoms with Crippen LogP contribution < -0.4 is 0 Å². The molecule has 0 aliphatic heterocycles. The van der Waals surface area contributed by atoms with E-state index >= 15 is 0 Å². The number of carbonyl (C=O) groups excluding carboxylic acids is 2. The van der Waals surface area contributed by atoms with Gasteiger partial charge in [-0.1, -0.05) is 0 Å². The van der Waals surface area contributed by atoms with Gasteiger partial charge in [0.2, 0.25) is 0 Å². The van der Waals surface area contributed by atoms with Crippen LogP contribution in [0.3, 0.4) is 0 Å². The summed E-state index contributed by atoms with van der Waals surface area (Å²) in [6, 6.07) is 0. The van der Waals surface area contributed by atoms with Crippen LogP contribution >= 0.6 is 0 Å². The molecular weight excluding hydrogens is 189 g/mol. The smallest absolute Gasteiger partial charge is 0.326 e. The molecule has 0 saturated heterocycles. The van der Waals surface area contributed by atoms with E-state index in [1.54, 1.807) is 0 Å². The quantitative estimate of drug-likeness (QED) is 0.456. The molecule has 0 atom stereocenters. The number of carbonyl (C=O) groups is 2. The van der Waals surface area contributed by atoms with E-state index in [4.69, 9.17) is 5.11 Å². The second-order valence-corrected chi connectivity index (χ2v) is 1.95. The standard InChI is InChI=1S/C6H11NO5.Na/c1-5(9)11-7(3-4-8)12-6(2)10;/h8H,3-4H2,1-2H3;. The first kappa shape index (κ1) is 15.3. The Morgan fingerprint density at radius 2 is 1.62 bits per heavy atom. The molecule has 0 aromatic heterocycles. The van der Waals surface area contributed by atoms with Crippen LogP contribution in [0, 0.1) is 0 Å². The van der Waals surface area contributed by atoms with Gasteiger partial charge in [-0.15, -0.1) is 0 Å². The van der Waals surface area contributed by atoms with Crippen molar-refractivity contribution in [2.45, 2.75) is 13.8 Å². The molecule has 0 aromatic rings. The third kappa shape index (κ3) is 9.78. The van der Waals surface area contributed by atoms with Crippen LogP contribution in [0.1, 0.15) is 13.8 Å². The molecule has 1 N–H and O–H groups in total. The first-order valence-electron chi connectivity index (χ1n) is 3.31. The largest absolute Gasteiger partial charge is 0.395 e. The number of aliphatic hydroxyl groups excluding tert-OH is 1. The normalized spacial score (nSPS) is 8.92. The van der Waals surface area contributed by atoms with Crippen molar-refractivity contribution < 1.29 is 24.4 Å². The second-order valence-electron chi connectivity index (χ2n) is 1.95. The summed E-state index contributed by atoms with van der Waals surface area (Å²) in [4.78, 5) is 29.5. The van der Waals surface area contributed by atoms with E-state index < -0.39 is 11.9 Å². The summed E-state index contributed by atoms with van der Waals surface area (Å²) in [7, 11) is 0. The molecule has 0 aliphatic rings. The minimum absolute atomic E-state index is 0. The van der Waals surface area contributed by atoms with E-state index in [2.05, 4.69) is 9.68 Å². The van der Waals surface area contributed by atoms with E-state index in [1.807, 2.05) is 0 Å². The first-order chi connectivity index (χ1) is 5.56. The molecule has 0 saturated carbocycles. The number of hydroxylamine groups is 2. The fourth-order valence-corrected chi connectivity index (χ4v) is 0.478. The fraction of sp³-hybridized carbons (Fsp3) is 0.667. The third-order valence-corrected chi connectivity index (χ3v) is 0.743. The molecule has 0 spiro atoms. The zero-order valence-electron chi connectivity index (χ0n) is 7.94. The van der Waals surface area contributed by atoms with Gasteiger partial charge in [0.15, 0.2) is 0 Å². The molecular formula is C6H11NNaO5. The van der Waals surface area contributed by atoms with Crippen LogP contribution in [-0.2, 0) is 19.3 Å². The van der Waals surface area contributed by atoms with E-state index in [0.717, 1.165) is 13.8 Å². The molecule has 7 heteroatoms. The summed E-state index contributed by atoms with van der Waals surface area (Å²) >= 11 is 0. The molecule has 0 rings (SSSR count). The van der Waals surface area contributed by atoms with Crippen molar-refractivity contribution in [2.75, 3.05) is 13.2 Å². The predicted molar refractivity (Wildman–Crippen MR) is 43.1 cm³/mol. The van der Waals surface area contributed by atoms with Crippen molar-refractivity contribution in [2.24, 2.45) is 0 Å². The van der Waals surface area contributed by atoms with Crippen LogP contribution in [0.25, 0.3) is 0 Å². The molecule has 1 radical (unpaired) electrons. The van der Waals surface area contributed by atoms with E-state index in [9.17, 15) is 9.59 Å². The average Bonchev–Trinajstić information content (AvgIpc) is 1.84. The van der Waals surface area contributed by atoms with Crippen molar-refractivity contribution in [1.29, 1.82) is 0 Å². The van der Waals surface area contributed by atoms with Gasteiger partial charge in [-0.2, -0.15) is 0 Å². The Bertz CT molecular complexity index is 158. The summed E-state index contributed by atoms with van der Waals surface area (Å²) < 4.78 is 0. The Morgan fingerprint density at radius 3 is 1.85 bits per heavy atom. The molecule has 0 fully saturated rings. The first-order valence-corrected chi connectivity index (χ1v) is 3.31. The second kappa shape index (κ2) is 8.46. The molecule has 13 heavy (non-hydrogen) atoms. The van der Waals surface area contributed by atoms with Crippen molar-refractivity contribution in [3.63, 3.8) is 0 Å². The van der Waals surface area contributed by atoms with Gasteiger partial charge in [-0.05, 0) is 0 Å². The van der Waals surface area contributed by atoms with E-state index in [0.29, 0.717) is 5.23 Å². The summed E-state index contributed by atoms with van der Waals surface area (Å²) in [6.07, 6.45) is 0. The maximum atomic E-state index is 10.4. The maximum absolute atomic E-state index is 10.4. The van der Waals surface area contributed by atoms with Gasteiger partial charge in [-0.3, -0.25) is 9.59 Å². The summed E-state index contributed by atoms with van der Waals surface area (Å²) in [5.41, 5.74) is 0. The van der Waals surface area contributed by atoms with Gasteiger partial charge in [-0.25, -0.2) is 0 Å². The minimum atomic E-state index is -0.621. The average molecular weight is 200 g/mol. The molecule has 0 aromatic carbocycles. The van der Waals surface area contributed by atoms with Crippen molar-refractivity contribution >= 4 is 41.5 Å². The maximum Gasteiger partial charge on any atom is 0.326 e. The number of nitrogens with zero attached hydrogens (tertiary/aromatic N) is 1. The van der Waals surface area contributed by atoms with E-state index in [1.165, 1.54) is 0 Å². The van der Waals surface area contributed by atoms with Crippen molar-refractivity contribution in [3.05, 3.63) is 0 Å². The fourth-order valence-electron chi connectivity index (χ4n) is 0.478. The molecule has 0 bridgehead atoms. The van der Waals surface area contributed by atoms with Gasteiger partial charge in [0.1, 0.15) is 0 Å². The number of rotatable bonds is 4. The zero-order chi connectivity index (χ0) is 9.56. The molecule has 6 nitrogen and oxygen atoms in total. The Kier molecular flexibility index (Phi) is 9.98. The zero-order valence-corrected chi connectivity index (χ0v) is 9.94. The summed E-state index contributed by atoms with van der Waals surface area (Å²) in [6.45, 7) is 1.97. The van der Waals surface area contributed by atoms with Crippen LogP contribution in [0.2, 0.25) is 0 Å². The van der Waals surface area contributed by atoms with Crippen molar-refractivity contribution in [3.8, 4) is 0 Å². The predicted octanol–water partition coefficient (Wildman–Crippen LogP) is -1.14. The Hall–Kier alpha value is -0.140. The molecule has 0 amide bonds. The molecule has 0 aliphatic carbocycles. The number of hydrogen-bond donors (Lipinski definition) is 1. The minimum Gasteiger partial charge on any atom is -0.395 e. The number of hydrogen-bond acceptors (Lipinski definition) is 6. The third-order valence-electron chi connectivity index (χ3n) is 0.743. The van der Waals surface area contributed by atoms with Gasteiger partial charge in [0.25, 0.3) is 0 Å². The summed E-state index contributed by atoms with van der Waals surface area (Å²) in [5, 5.41) is 9.07. The molecule has 0 unspecified atom stereocenters.